The van der Waals surface area contributed by atoms with Crippen LogP contribution in [0.4, 0.5) is 34.1 Å². The number of nitrogens with one attached hydrogen (secondary N) is 2. The molecule has 0 radical (unpaired) electrons. The summed E-state index contributed by atoms with van der Waals surface area (Å²) in [5, 5.41) is 27.1. The summed E-state index contributed by atoms with van der Waals surface area (Å²) >= 11 is 0. The van der Waals surface area contributed by atoms with Crippen LogP contribution in [0.5, 0.6) is 0 Å². The van der Waals surface area contributed by atoms with Crippen molar-refractivity contribution in [1.29, 1.82) is 0 Å². The number of alkyl halides is 3. The van der Waals surface area contributed by atoms with Gasteiger partial charge in [-0.1, -0.05) is 0 Å². The zero-order chi connectivity index (χ0) is 34.7. The Kier molecular flexibility index (Phi) is 12.1. The number of rotatable bonds is 10. The largest absolute Gasteiger partial charge is 0.492 e. The third kappa shape index (κ3) is 10.9. The number of carbonyl (C=O) groups is 4. The predicted octanol–water partition coefficient (Wildman–Crippen LogP) is 2.56. The van der Waals surface area contributed by atoms with Gasteiger partial charge in [0.25, 0.3) is 11.4 Å². The number of guanidine groups is 1. The first-order valence-electron chi connectivity index (χ1n) is 13.3. The lowest BCUT2D eigenvalue weighted by Crippen LogP contribution is -2.52. The summed E-state index contributed by atoms with van der Waals surface area (Å²) in [5.41, 5.74) is 0.311. The van der Waals surface area contributed by atoms with E-state index in [0.717, 1.165) is 12.1 Å². The Morgan fingerprint density at radius 2 is 1.49 bits per heavy atom. The van der Waals surface area contributed by atoms with Crippen LogP contribution in [0.25, 0.3) is 0 Å². The van der Waals surface area contributed by atoms with Gasteiger partial charge in [0.05, 0.1) is 16.4 Å². The molecular weight excluding hydrogens is 643 g/mol. The molecular formula is C26H26F3N7O11. The molecule has 0 aliphatic carbocycles. The van der Waals surface area contributed by atoms with E-state index >= 15 is 0 Å². The average Bonchev–Trinajstić information content (AvgIpc) is 3.46. The van der Waals surface area contributed by atoms with Gasteiger partial charge in [-0.2, -0.15) is 13.2 Å². The molecule has 3 rings (SSSR count). The number of benzene rings is 2. The van der Waals surface area contributed by atoms with Crippen LogP contribution in [0.2, 0.25) is 0 Å². The molecule has 0 aromatic heterocycles. The zero-order valence-electron chi connectivity index (χ0n) is 24.3. The SMILES string of the molecule is CN=C(NC(=O)OCc1ccc([N+](=O)[O-])cc1)N(CC(=O)N[C@H]1CCN(OC(=O)C(F)(F)F)C1)C(=O)OCc1ccc([N+](=O)[O-])cc1. The Morgan fingerprint density at radius 3 is 1.98 bits per heavy atom. The molecule has 2 N–H and O–H groups in total. The minimum absolute atomic E-state index is 0.0867. The zero-order valence-corrected chi connectivity index (χ0v) is 24.3. The lowest BCUT2D eigenvalue weighted by Gasteiger charge is -2.24. The van der Waals surface area contributed by atoms with Gasteiger partial charge in [-0.05, 0) is 41.8 Å². The molecule has 0 saturated carbocycles. The fraction of sp³-hybridized carbons (Fsp3) is 0.346. The molecule has 3 amide bonds. The number of hydrogen-bond donors (Lipinski definition) is 2. The second-order valence-corrected chi connectivity index (χ2v) is 9.55. The minimum atomic E-state index is -5.22. The van der Waals surface area contributed by atoms with Gasteiger partial charge in [0.1, 0.15) is 19.8 Å². The van der Waals surface area contributed by atoms with Crippen molar-refractivity contribution in [1.82, 2.24) is 20.6 Å². The Labute approximate surface area is 262 Å². The average molecular weight is 670 g/mol. The molecule has 2 aromatic rings. The molecule has 0 spiro atoms. The van der Waals surface area contributed by atoms with Gasteiger partial charge < -0.3 is 19.6 Å². The molecule has 0 unspecified atom stereocenters. The predicted molar refractivity (Wildman–Crippen MR) is 150 cm³/mol. The molecule has 2 aromatic carbocycles. The van der Waals surface area contributed by atoms with Crippen molar-refractivity contribution >= 4 is 41.4 Å². The summed E-state index contributed by atoms with van der Waals surface area (Å²) in [4.78, 5) is 78.7. The molecule has 0 bridgehead atoms. The minimum Gasteiger partial charge on any atom is -0.444 e. The van der Waals surface area contributed by atoms with Crippen LogP contribution in [0, 0.1) is 20.2 Å². The maximum atomic E-state index is 13.1. The van der Waals surface area contributed by atoms with E-state index in [1.807, 2.05) is 0 Å². The van der Waals surface area contributed by atoms with E-state index in [4.69, 9.17) is 9.47 Å². The van der Waals surface area contributed by atoms with Gasteiger partial charge in [-0.25, -0.2) is 19.3 Å². The number of nitrogens with zero attached hydrogens (tertiary/aromatic N) is 5. The van der Waals surface area contributed by atoms with Gasteiger partial charge in [0.15, 0.2) is 0 Å². The number of nitro groups is 2. The van der Waals surface area contributed by atoms with Crippen molar-refractivity contribution in [3.8, 4) is 0 Å². The fourth-order valence-electron chi connectivity index (χ4n) is 3.91. The van der Waals surface area contributed by atoms with E-state index in [9.17, 15) is 52.6 Å². The van der Waals surface area contributed by atoms with Gasteiger partial charge in [-0.3, -0.25) is 35.3 Å². The third-order valence-corrected chi connectivity index (χ3v) is 6.19. The first kappa shape index (κ1) is 35.6. The van der Waals surface area contributed by atoms with Crippen LogP contribution in [0.1, 0.15) is 17.5 Å². The normalized spacial score (nSPS) is 14.9. The fourth-order valence-corrected chi connectivity index (χ4v) is 3.91. The van der Waals surface area contributed by atoms with Crippen LogP contribution in [-0.4, -0.2) is 88.7 Å². The van der Waals surface area contributed by atoms with E-state index in [1.54, 1.807) is 0 Å². The van der Waals surface area contributed by atoms with Crippen molar-refractivity contribution in [2.75, 3.05) is 26.7 Å². The van der Waals surface area contributed by atoms with Crippen LogP contribution >= 0.6 is 0 Å². The van der Waals surface area contributed by atoms with E-state index in [-0.39, 0.29) is 37.5 Å². The van der Waals surface area contributed by atoms with Crippen LogP contribution in [0.15, 0.2) is 53.5 Å². The number of carbonyl (C=O) groups excluding carboxylic acids is 4. The van der Waals surface area contributed by atoms with Crippen molar-refractivity contribution in [2.45, 2.75) is 31.9 Å². The summed E-state index contributed by atoms with van der Waals surface area (Å²) in [6, 6.07) is 9.29. The molecule has 1 fully saturated rings. The highest BCUT2D eigenvalue weighted by Crippen LogP contribution is 2.20. The maximum absolute atomic E-state index is 13.1. The highest BCUT2D eigenvalue weighted by atomic mass is 19.4. The number of aliphatic imine (C=N–C) groups is 1. The monoisotopic (exact) mass is 669 g/mol. The summed E-state index contributed by atoms with van der Waals surface area (Å²) in [6.45, 7) is -2.01. The lowest BCUT2D eigenvalue weighted by atomic mass is 10.2. The summed E-state index contributed by atoms with van der Waals surface area (Å²) in [6.07, 6.45) is -7.48. The van der Waals surface area contributed by atoms with Crippen LogP contribution in [0.3, 0.4) is 0 Å². The topological polar surface area (TPSA) is 225 Å². The summed E-state index contributed by atoms with van der Waals surface area (Å²) in [7, 11) is 1.16. The van der Waals surface area contributed by atoms with Crippen molar-refractivity contribution in [2.24, 2.45) is 4.99 Å². The van der Waals surface area contributed by atoms with Gasteiger partial charge in [0.2, 0.25) is 11.9 Å². The Morgan fingerprint density at radius 1 is 0.957 bits per heavy atom. The maximum Gasteiger partial charge on any atom is 0.492 e. The Bertz CT molecular complexity index is 1520. The molecule has 18 nitrogen and oxygen atoms in total. The number of hydroxylamine groups is 2. The molecule has 1 aliphatic rings. The number of alkyl carbamates (subject to hydrolysis) is 1. The van der Waals surface area contributed by atoms with Gasteiger partial charge >= 0.3 is 24.3 Å². The van der Waals surface area contributed by atoms with Crippen molar-refractivity contribution in [3.63, 3.8) is 0 Å². The van der Waals surface area contributed by atoms with Gasteiger partial charge in [0, 0.05) is 43.9 Å². The highest BCUT2D eigenvalue weighted by Gasteiger charge is 2.43. The highest BCUT2D eigenvalue weighted by molar-refractivity contribution is 6.03. The third-order valence-electron chi connectivity index (χ3n) is 6.19. The van der Waals surface area contributed by atoms with Crippen molar-refractivity contribution in [3.05, 3.63) is 79.9 Å². The first-order chi connectivity index (χ1) is 22.2. The lowest BCUT2D eigenvalue weighted by molar-refractivity contribution is -0.385. The molecule has 252 valence electrons. The Hall–Kier alpha value is -5.86. The van der Waals surface area contributed by atoms with Crippen LogP contribution in [-0.2, 0) is 37.1 Å². The van der Waals surface area contributed by atoms with E-state index in [1.165, 1.54) is 48.5 Å². The van der Waals surface area contributed by atoms with E-state index < -0.39 is 65.2 Å². The molecule has 1 heterocycles. The molecule has 47 heavy (non-hydrogen) atoms. The Balaban J connectivity index is 1.66. The summed E-state index contributed by atoms with van der Waals surface area (Å²) < 4.78 is 47.8. The molecule has 1 atom stereocenters. The number of non-ortho nitro benzene ring substituents is 2. The number of hydrogen-bond acceptors (Lipinski definition) is 13. The van der Waals surface area contributed by atoms with E-state index in [2.05, 4.69) is 20.5 Å². The van der Waals surface area contributed by atoms with Crippen molar-refractivity contribution < 1.29 is 56.5 Å². The first-order valence-corrected chi connectivity index (χ1v) is 13.3. The molecule has 1 saturated heterocycles. The number of ether oxygens (including phenoxy) is 2. The molecule has 1 aliphatic heterocycles. The van der Waals surface area contributed by atoms with Gasteiger partial charge in [-0.15, -0.1) is 5.06 Å². The smallest absolute Gasteiger partial charge is 0.444 e. The quantitative estimate of drug-likeness (QED) is 0.161. The van der Waals surface area contributed by atoms with E-state index in [0.29, 0.717) is 16.0 Å². The second-order valence-electron chi connectivity index (χ2n) is 9.55. The standard InChI is InChI=1S/C26H26F3N7O11/c1-30-23(32-24(39)45-14-16-2-6-19(7-3-16)35(41)42)34(25(40)46-15-17-4-8-20(9-5-17)36(43)44)13-21(37)31-18-10-11-33(12-18)47-22(38)26(27,28)29/h2-9,18H,10-15H2,1H3,(H,31,37)(H,30,32,39)/t18-/m0/s1. The number of nitro benzene ring substituents is 2. The molecule has 21 heteroatoms. The number of halogens is 3. The summed E-state index contributed by atoms with van der Waals surface area (Å²) in [5.74, 6) is -3.81. The number of amides is 3. The van der Waals surface area contributed by atoms with Crippen LogP contribution < -0.4 is 10.6 Å². The second kappa shape index (κ2) is 15.9.